The van der Waals surface area contributed by atoms with Crippen LogP contribution in [-0.4, -0.2) is 7.26 Å². The van der Waals surface area contributed by atoms with Gasteiger partial charge in [-0.3, -0.25) is 0 Å². The van der Waals surface area contributed by atoms with Crippen LogP contribution in [0.2, 0.25) is 0 Å². The molecule has 12 heavy (non-hydrogen) atoms. The number of nitrogens with two attached hydrogens (primary N) is 2. The highest BCUT2D eigenvalue weighted by molar-refractivity contribution is 6.80. The van der Waals surface area contributed by atoms with Gasteiger partial charge < -0.3 is 11.5 Å². The molecule has 0 bridgehead atoms. The van der Waals surface area contributed by atoms with Gasteiger partial charge in [0.1, 0.15) is 0 Å². The highest BCUT2D eigenvalue weighted by Gasteiger charge is 1.99. The lowest BCUT2D eigenvalue weighted by Crippen LogP contribution is -1.98. The Morgan fingerprint density at radius 1 is 1.17 bits per heavy atom. The summed E-state index contributed by atoms with van der Waals surface area (Å²) in [6, 6.07) is 3.80. The van der Waals surface area contributed by atoms with Gasteiger partial charge in [0.05, 0.1) is 11.4 Å². The maximum atomic E-state index is 5.66. The Balaban J connectivity index is 0.000000561. The summed E-state index contributed by atoms with van der Waals surface area (Å²) < 4.78 is 0. The van der Waals surface area contributed by atoms with Crippen molar-refractivity contribution in [3.05, 3.63) is 23.3 Å². The van der Waals surface area contributed by atoms with Crippen LogP contribution < -0.4 is 11.5 Å². The van der Waals surface area contributed by atoms with Gasteiger partial charge in [-0.05, 0) is 31.0 Å². The third kappa shape index (κ3) is 2.34. The monoisotopic (exact) mass is 182 g/mol. The van der Waals surface area contributed by atoms with E-state index in [1.165, 1.54) is 5.56 Å². The second-order valence-electron chi connectivity index (χ2n) is 2.51. The molecular weight excluding hydrogens is 170 g/mol. The zero-order chi connectivity index (χ0) is 9.72. The van der Waals surface area contributed by atoms with Crippen LogP contribution in [0.1, 0.15) is 11.1 Å². The number of hydrogen-bond acceptors (Lipinski definition) is 2. The number of rotatable bonds is 0. The number of aryl methyl sites for hydroxylation is 1. The molecule has 0 heterocycles. The summed E-state index contributed by atoms with van der Waals surface area (Å²) in [6.45, 7) is 3.99. The minimum atomic E-state index is 0.670. The summed E-state index contributed by atoms with van der Waals surface area (Å²) in [7, 11) is 3.97. The standard InChI is InChI=1S/C8H12N2.BCl/c1-5-3-4-7(9)8(10)6(5)2;1-2/h3-4H,9-10H2,1-2H3;. The molecule has 1 rings (SSSR count). The fourth-order valence-electron chi connectivity index (χ4n) is 0.858. The van der Waals surface area contributed by atoms with E-state index in [4.69, 9.17) is 11.5 Å². The van der Waals surface area contributed by atoms with Crippen LogP contribution in [0.3, 0.4) is 0 Å². The molecule has 0 amide bonds. The lowest BCUT2D eigenvalue weighted by molar-refractivity contribution is 1.35. The molecule has 0 spiro atoms. The molecule has 64 valence electrons. The van der Waals surface area contributed by atoms with Gasteiger partial charge >= 0.3 is 0 Å². The van der Waals surface area contributed by atoms with E-state index in [-0.39, 0.29) is 0 Å². The Morgan fingerprint density at radius 2 is 1.67 bits per heavy atom. The average Bonchev–Trinajstić information content (AvgIpc) is 2.12. The molecule has 0 aliphatic heterocycles. The van der Waals surface area contributed by atoms with E-state index in [2.05, 4.69) is 18.7 Å². The average molecular weight is 182 g/mol. The summed E-state index contributed by atoms with van der Waals surface area (Å²) in [4.78, 5) is 0. The Hall–Kier alpha value is -0.825. The molecule has 4 N–H and O–H groups in total. The molecule has 0 atom stereocenters. The Labute approximate surface area is 79.2 Å². The fourth-order valence-corrected chi connectivity index (χ4v) is 0.858. The van der Waals surface area contributed by atoms with Crippen molar-refractivity contribution < 1.29 is 0 Å². The first-order valence-corrected chi connectivity index (χ1v) is 3.89. The number of anilines is 2. The van der Waals surface area contributed by atoms with Crippen molar-refractivity contribution in [2.45, 2.75) is 13.8 Å². The zero-order valence-electron chi connectivity index (χ0n) is 7.26. The molecule has 0 aliphatic carbocycles. The second kappa shape index (κ2) is 4.93. The first-order valence-electron chi connectivity index (χ1n) is 3.46. The van der Waals surface area contributed by atoms with Gasteiger partial charge in [0.15, 0.2) is 0 Å². The Morgan fingerprint density at radius 3 is 2.08 bits per heavy atom. The van der Waals surface area contributed by atoms with E-state index < -0.39 is 0 Å². The molecule has 4 heteroatoms. The van der Waals surface area contributed by atoms with E-state index in [0.29, 0.717) is 11.4 Å². The number of halogens is 1. The predicted molar refractivity (Wildman–Crippen MR) is 56.3 cm³/mol. The Kier molecular flexibility index (Phi) is 4.60. The first kappa shape index (κ1) is 11.2. The number of nitrogen functional groups attached to an aromatic ring is 2. The van der Waals surface area contributed by atoms with E-state index in [0.717, 1.165) is 5.56 Å². The van der Waals surface area contributed by atoms with E-state index in [9.17, 15) is 0 Å². The lowest BCUT2D eigenvalue weighted by Gasteiger charge is -2.05. The summed E-state index contributed by atoms with van der Waals surface area (Å²) in [6.07, 6.45) is 0. The maximum Gasteiger partial charge on any atom is 0.214 e. The number of hydrogen-bond donors (Lipinski definition) is 2. The van der Waals surface area contributed by atoms with Crippen molar-refractivity contribution in [1.82, 2.24) is 0 Å². The van der Waals surface area contributed by atoms with Crippen molar-refractivity contribution in [3.8, 4) is 0 Å². The molecular formula is C8H12BClN2. The molecule has 0 saturated carbocycles. The summed E-state index contributed by atoms with van der Waals surface area (Å²) in [5.41, 5.74) is 14.9. The van der Waals surface area contributed by atoms with Crippen LogP contribution in [0.4, 0.5) is 11.4 Å². The van der Waals surface area contributed by atoms with Crippen LogP contribution in [-0.2, 0) is 0 Å². The highest BCUT2D eigenvalue weighted by atomic mass is 35.5. The maximum absolute atomic E-state index is 5.66. The van der Waals surface area contributed by atoms with Gasteiger partial charge in [0, 0.05) is 0 Å². The van der Waals surface area contributed by atoms with Gasteiger partial charge in [0.2, 0.25) is 7.26 Å². The number of benzene rings is 1. The smallest absolute Gasteiger partial charge is 0.214 e. The first-order chi connectivity index (χ1) is 5.63. The second-order valence-corrected chi connectivity index (χ2v) is 2.51. The van der Waals surface area contributed by atoms with Gasteiger partial charge in [-0.2, -0.15) is 0 Å². The van der Waals surface area contributed by atoms with Gasteiger partial charge in [0.25, 0.3) is 0 Å². The van der Waals surface area contributed by atoms with Crippen LogP contribution in [0.5, 0.6) is 0 Å². The minimum Gasteiger partial charge on any atom is -0.397 e. The molecule has 0 unspecified atom stereocenters. The molecule has 1 aromatic rings. The topological polar surface area (TPSA) is 52.0 Å². The lowest BCUT2D eigenvalue weighted by atomic mass is 10.1. The van der Waals surface area contributed by atoms with Gasteiger partial charge in [-0.15, -0.1) is 0 Å². The third-order valence-corrected chi connectivity index (χ3v) is 1.82. The zero-order valence-corrected chi connectivity index (χ0v) is 8.02. The normalized spacial score (nSPS) is 8.58. The molecule has 0 aliphatic rings. The third-order valence-electron chi connectivity index (χ3n) is 1.82. The van der Waals surface area contributed by atoms with Crippen LogP contribution >= 0.6 is 11.5 Å². The molecule has 2 radical (unpaired) electrons. The summed E-state index contributed by atoms with van der Waals surface area (Å²) in [5, 5.41) is 0. The largest absolute Gasteiger partial charge is 0.397 e. The summed E-state index contributed by atoms with van der Waals surface area (Å²) in [5.74, 6) is 0. The minimum absolute atomic E-state index is 0.670. The predicted octanol–water partition coefficient (Wildman–Crippen LogP) is 1.78. The molecule has 0 aromatic heterocycles. The van der Waals surface area contributed by atoms with E-state index in [1.54, 1.807) is 0 Å². The van der Waals surface area contributed by atoms with Crippen LogP contribution in [0, 0.1) is 13.8 Å². The quantitative estimate of drug-likeness (QED) is 0.475. The fraction of sp³-hybridized carbons (Fsp3) is 0.250. The SMILES string of the molecule is Cc1ccc(N)c(N)c1C.[B]Cl. The van der Waals surface area contributed by atoms with Crippen molar-refractivity contribution in [2.24, 2.45) is 0 Å². The molecule has 1 aromatic carbocycles. The van der Waals surface area contributed by atoms with Crippen molar-refractivity contribution in [3.63, 3.8) is 0 Å². The van der Waals surface area contributed by atoms with Gasteiger partial charge in [-0.25, -0.2) is 11.5 Å². The molecule has 0 fully saturated rings. The van der Waals surface area contributed by atoms with Crippen molar-refractivity contribution >= 4 is 30.1 Å². The van der Waals surface area contributed by atoms with Crippen molar-refractivity contribution in [2.75, 3.05) is 11.5 Å². The van der Waals surface area contributed by atoms with Crippen LogP contribution in [0.15, 0.2) is 12.1 Å². The summed E-state index contributed by atoms with van der Waals surface area (Å²) >= 11 is 4.14. The van der Waals surface area contributed by atoms with Gasteiger partial charge in [-0.1, -0.05) is 6.07 Å². The molecule has 2 nitrogen and oxygen atoms in total. The molecule has 0 saturated heterocycles. The van der Waals surface area contributed by atoms with Crippen molar-refractivity contribution in [1.29, 1.82) is 0 Å². The van der Waals surface area contributed by atoms with E-state index >= 15 is 0 Å². The Bertz CT molecular complexity index is 236. The highest BCUT2D eigenvalue weighted by Crippen LogP contribution is 2.21. The van der Waals surface area contributed by atoms with Crippen LogP contribution in [0.25, 0.3) is 0 Å². The van der Waals surface area contributed by atoms with E-state index in [1.807, 2.05) is 26.0 Å².